The van der Waals surface area contributed by atoms with Crippen LogP contribution < -0.4 is 10.5 Å². The molecule has 0 aliphatic heterocycles. The van der Waals surface area contributed by atoms with Crippen LogP contribution in [0.1, 0.15) is 48.7 Å². The molecule has 3 aromatic heterocycles. The molecule has 0 bridgehead atoms. The molecule has 0 amide bonds. The molecule has 36 heavy (non-hydrogen) atoms. The highest BCUT2D eigenvalue weighted by Gasteiger charge is 2.15. The summed E-state index contributed by atoms with van der Waals surface area (Å²) in [4.78, 5) is 40.5. The average molecular weight is 490 g/mol. The molecule has 0 fully saturated rings. The second-order valence-electron chi connectivity index (χ2n) is 8.95. The molecule has 4 aromatic rings. The Morgan fingerprint density at radius 1 is 1.11 bits per heavy atom. The van der Waals surface area contributed by atoms with Gasteiger partial charge in [-0.05, 0) is 50.7 Å². The lowest BCUT2D eigenvalue weighted by Gasteiger charge is -2.10. The van der Waals surface area contributed by atoms with Crippen molar-refractivity contribution in [1.29, 1.82) is 0 Å². The van der Waals surface area contributed by atoms with E-state index in [-0.39, 0.29) is 12.3 Å². The highest BCUT2D eigenvalue weighted by molar-refractivity contribution is 5.95. The number of pyridine rings is 1. The Balaban J connectivity index is 1.51. The number of rotatable bonds is 12. The summed E-state index contributed by atoms with van der Waals surface area (Å²) in [5.41, 5.74) is 2.73. The van der Waals surface area contributed by atoms with Gasteiger partial charge >= 0.3 is 5.76 Å². The van der Waals surface area contributed by atoms with E-state index in [4.69, 9.17) is 9.15 Å². The van der Waals surface area contributed by atoms with Crippen LogP contribution in [0.4, 0.5) is 0 Å². The number of nitrogens with zero attached hydrogens (tertiary/aromatic N) is 5. The molecule has 9 nitrogen and oxygen atoms in total. The van der Waals surface area contributed by atoms with Gasteiger partial charge in [0.05, 0.1) is 25.5 Å². The van der Waals surface area contributed by atoms with Gasteiger partial charge in [0.25, 0.3) is 0 Å². The normalized spacial score (nSPS) is 11.3. The highest BCUT2D eigenvalue weighted by atomic mass is 16.5. The molecule has 0 unspecified atom stereocenters. The van der Waals surface area contributed by atoms with Gasteiger partial charge in [0.2, 0.25) is 0 Å². The third-order valence-electron chi connectivity index (χ3n) is 5.73. The van der Waals surface area contributed by atoms with Crippen molar-refractivity contribution in [2.24, 2.45) is 0 Å². The molecule has 0 aliphatic rings. The maximum atomic E-state index is 12.6. The zero-order valence-corrected chi connectivity index (χ0v) is 20.9. The van der Waals surface area contributed by atoms with E-state index in [1.165, 1.54) is 4.57 Å². The van der Waals surface area contributed by atoms with Crippen LogP contribution in [0.5, 0.6) is 5.75 Å². The summed E-state index contributed by atoms with van der Waals surface area (Å²) in [5, 5.41) is 0. The second kappa shape index (κ2) is 11.7. The van der Waals surface area contributed by atoms with Crippen LogP contribution in [-0.2, 0) is 6.54 Å². The number of fused-ring (bicyclic) bond motifs is 1. The first-order chi connectivity index (χ1) is 17.4. The molecule has 0 saturated carbocycles. The maximum Gasteiger partial charge on any atom is 0.421 e. The zero-order valence-electron chi connectivity index (χ0n) is 20.9. The van der Waals surface area contributed by atoms with E-state index in [2.05, 4.69) is 19.9 Å². The molecule has 0 radical (unpaired) electrons. The van der Waals surface area contributed by atoms with Gasteiger partial charge in [-0.2, -0.15) is 0 Å². The molecule has 4 rings (SSSR count). The van der Waals surface area contributed by atoms with Gasteiger partial charge in [0, 0.05) is 18.5 Å². The summed E-state index contributed by atoms with van der Waals surface area (Å²) in [6.07, 6.45) is 6.41. The SMILES string of the molecule is CCCCC(=O)c1ccc2oc(=O)n(Cc3cccc(-c4ncc(OCCCN(C)C)cn4)c3)c2n1. The topological polar surface area (TPSA) is 103 Å². The number of benzene rings is 1. The highest BCUT2D eigenvalue weighted by Crippen LogP contribution is 2.20. The number of oxazole rings is 1. The van der Waals surface area contributed by atoms with Crippen LogP contribution in [0, 0.1) is 0 Å². The van der Waals surface area contributed by atoms with Gasteiger partial charge < -0.3 is 14.1 Å². The summed E-state index contributed by atoms with van der Waals surface area (Å²) in [6, 6.07) is 10.9. The monoisotopic (exact) mass is 489 g/mol. The molecule has 3 heterocycles. The average Bonchev–Trinajstić information content (AvgIpc) is 3.19. The van der Waals surface area contributed by atoms with Crippen molar-refractivity contribution in [2.75, 3.05) is 27.2 Å². The van der Waals surface area contributed by atoms with Crippen LogP contribution >= 0.6 is 0 Å². The number of ether oxygens (including phenoxy) is 1. The molecule has 9 heteroatoms. The Hall–Kier alpha value is -3.85. The molecule has 1 aromatic carbocycles. The fraction of sp³-hybridized carbons (Fsp3) is 0.370. The number of hydrogen-bond acceptors (Lipinski definition) is 8. The number of carbonyl (C=O) groups is 1. The summed E-state index contributed by atoms with van der Waals surface area (Å²) in [7, 11) is 4.06. The molecule has 0 saturated heterocycles. The molecule has 0 N–H and O–H groups in total. The number of carbonyl (C=O) groups excluding carboxylic acids is 1. The number of unbranched alkanes of at least 4 members (excludes halogenated alkanes) is 1. The molecular formula is C27H31N5O4. The predicted octanol–water partition coefficient (Wildman–Crippen LogP) is 4.20. The van der Waals surface area contributed by atoms with E-state index in [0.717, 1.165) is 36.9 Å². The largest absolute Gasteiger partial charge is 0.490 e. The number of Topliss-reactive ketones (excluding diaryl/α,β-unsaturated/α-hetero) is 1. The Bertz CT molecular complexity index is 1380. The fourth-order valence-corrected chi connectivity index (χ4v) is 3.81. The lowest BCUT2D eigenvalue weighted by Crippen LogP contribution is -2.16. The number of hydrogen-bond donors (Lipinski definition) is 0. The quantitative estimate of drug-likeness (QED) is 0.215. The van der Waals surface area contributed by atoms with Gasteiger partial charge in [0.15, 0.2) is 28.6 Å². The minimum atomic E-state index is -0.520. The predicted molar refractivity (Wildman–Crippen MR) is 137 cm³/mol. The van der Waals surface area contributed by atoms with Crippen LogP contribution in [-0.4, -0.2) is 57.4 Å². The zero-order chi connectivity index (χ0) is 25.5. The lowest BCUT2D eigenvalue weighted by molar-refractivity contribution is 0.0975. The van der Waals surface area contributed by atoms with Crippen LogP contribution in [0.2, 0.25) is 0 Å². The van der Waals surface area contributed by atoms with Gasteiger partial charge in [-0.1, -0.05) is 31.5 Å². The van der Waals surface area contributed by atoms with Gasteiger partial charge in [-0.15, -0.1) is 0 Å². The van der Waals surface area contributed by atoms with Crippen LogP contribution in [0.15, 0.2) is 58.0 Å². The molecule has 188 valence electrons. The number of ketones is 1. The minimum absolute atomic E-state index is 0.0387. The Labute approximate surface area is 209 Å². The van der Waals surface area contributed by atoms with Crippen molar-refractivity contribution in [2.45, 2.75) is 39.2 Å². The second-order valence-corrected chi connectivity index (χ2v) is 8.95. The van der Waals surface area contributed by atoms with Crippen molar-refractivity contribution in [3.8, 4) is 17.1 Å². The van der Waals surface area contributed by atoms with Crippen molar-refractivity contribution in [1.82, 2.24) is 24.4 Å². The summed E-state index contributed by atoms with van der Waals surface area (Å²) < 4.78 is 12.5. The van der Waals surface area contributed by atoms with Crippen molar-refractivity contribution in [3.63, 3.8) is 0 Å². The Morgan fingerprint density at radius 2 is 1.92 bits per heavy atom. The fourth-order valence-electron chi connectivity index (χ4n) is 3.81. The molecule has 0 aliphatic carbocycles. The standard InChI is InChI=1S/C27H31N5O4/c1-4-5-10-23(33)22-11-12-24-26(30-22)32(27(34)36-24)18-19-8-6-9-20(15-19)25-28-16-21(17-29-25)35-14-7-13-31(2)3/h6,8-9,11-12,15-17H,4-5,7,10,13-14,18H2,1-3H3. The first-order valence-corrected chi connectivity index (χ1v) is 12.2. The minimum Gasteiger partial charge on any atom is -0.490 e. The van der Waals surface area contributed by atoms with Crippen molar-refractivity contribution < 1.29 is 13.9 Å². The molecule has 0 atom stereocenters. The van der Waals surface area contributed by atoms with Crippen LogP contribution in [0.25, 0.3) is 22.6 Å². The summed E-state index contributed by atoms with van der Waals surface area (Å²) in [6.45, 7) is 3.83. The van der Waals surface area contributed by atoms with Gasteiger partial charge in [-0.25, -0.2) is 19.7 Å². The Morgan fingerprint density at radius 3 is 2.67 bits per heavy atom. The lowest BCUT2D eigenvalue weighted by atomic mass is 10.1. The first-order valence-electron chi connectivity index (χ1n) is 12.2. The third-order valence-corrected chi connectivity index (χ3v) is 5.73. The Kier molecular flexibility index (Phi) is 8.22. The summed E-state index contributed by atoms with van der Waals surface area (Å²) >= 11 is 0. The van der Waals surface area contributed by atoms with E-state index in [1.54, 1.807) is 24.5 Å². The summed E-state index contributed by atoms with van der Waals surface area (Å²) in [5.74, 6) is 0.626. The van der Waals surface area contributed by atoms with E-state index < -0.39 is 5.76 Å². The molecular weight excluding hydrogens is 458 g/mol. The van der Waals surface area contributed by atoms with E-state index in [9.17, 15) is 9.59 Å². The van der Waals surface area contributed by atoms with E-state index >= 15 is 0 Å². The third kappa shape index (κ3) is 6.23. The first kappa shape index (κ1) is 25.2. The van der Waals surface area contributed by atoms with Crippen molar-refractivity contribution >= 4 is 17.0 Å². The number of aromatic nitrogens is 4. The van der Waals surface area contributed by atoms with Gasteiger partial charge in [0.1, 0.15) is 5.69 Å². The van der Waals surface area contributed by atoms with E-state index in [0.29, 0.717) is 41.5 Å². The van der Waals surface area contributed by atoms with Gasteiger partial charge in [-0.3, -0.25) is 9.36 Å². The maximum absolute atomic E-state index is 12.6. The van der Waals surface area contributed by atoms with Crippen LogP contribution in [0.3, 0.4) is 0 Å². The van der Waals surface area contributed by atoms with Crippen molar-refractivity contribution in [3.05, 3.63) is 70.6 Å². The van der Waals surface area contributed by atoms with E-state index in [1.807, 2.05) is 45.3 Å². The molecule has 0 spiro atoms. The smallest absolute Gasteiger partial charge is 0.421 e.